The van der Waals surface area contributed by atoms with Crippen molar-refractivity contribution in [1.82, 2.24) is 4.90 Å². The molecule has 304 valence electrons. The second-order valence-corrected chi connectivity index (χ2v) is 16.6. The maximum Gasteiger partial charge on any atom is 0.311 e. The predicted molar refractivity (Wildman–Crippen MR) is 190 cm³/mol. The van der Waals surface area contributed by atoms with E-state index in [2.05, 4.69) is 5.16 Å². The van der Waals surface area contributed by atoms with E-state index in [1.54, 1.807) is 55.4 Å². The number of esters is 1. The highest BCUT2D eigenvalue weighted by atomic mass is 16.7. The second-order valence-electron chi connectivity index (χ2n) is 16.6. The molecule has 0 aromatic rings. The lowest BCUT2D eigenvalue weighted by molar-refractivity contribution is -0.317. The van der Waals surface area contributed by atoms with Crippen LogP contribution in [0.4, 0.5) is 0 Å². The smallest absolute Gasteiger partial charge is 0.311 e. The molecule has 3 heterocycles. The van der Waals surface area contributed by atoms with Gasteiger partial charge in [0.2, 0.25) is 0 Å². The molecule has 15 heteroatoms. The molecule has 0 saturated carbocycles. The van der Waals surface area contributed by atoms with Crippen LogP contribution in [0.5, 0.6) is 0 Å². The summed E-state index contributed by atoms with van der Waals surface area (Å²) in [6.07, 6.45) is -9.51. The quantitative estimate of drug-likeness (QED) is 0.125. The Bertz CT molecular complexity index is 1200. The van der Waals surface area contributed by atoms with Crippen LogP contribution in [0.25, 0.3) is 0 Å². The van der Waals surface area contributed by atoms with Crippen LogP contribution in [0.1, 0.15) is 94.9 Å². The highest BCUT2D eigenvalue weighted by Crippen LogP contribution is 2.41. The van der Waals surface area contributed by atoms with Crippen LogP contribution in [0.2, 0.25) is 0 Å². The Kier molecular flexibility index (Phi) is 15.1. The lowest BCUT2D eigenvalue weighted by Crippen LogP contribution is -2.61. The monoisotopic (exact) mass is 748 g/mol. The molecule has 3 fully saturated rings. The minimum absolute atomic E-state index is 0.0657. The average molecular weight is 749 g/mol. The molecule has 3 aliphatic rings. The van der Waals surface area contributed by atoms with Gasteiger partial charge in [0.05, 0.1) is 53.4 Å². The minimum atomic E-state index is -1.97. The molecule has 6 N–H and O–H groups in total. The van der Waals surface area contributed by atoms with Gasteiger partial charge >= 0.3 is 5.97 Å². The summed E-state index contributed by atoms with van der Waals surface area (Å²) < 4.78 is 37.2. The van der Waals surface area contributed by atoms with Gasteiger partial charge in [0.15, 0.2) is 12.6 Å². The van der Waals surface area contributed by atoms with Crippen molar-refractivity contribution in [3.8, 4) is 0 Å². The standard InChI is InChI=1S/C37H68N2O13/c1-14-25-37(10,45)30(41)20(4)27(38-46)18(2)16-35(8,44)32(52-34-28(40)24(39(11)12)15-19(3)48-34)21(5)29(22(6)33(43)50-25)51-26-17-36(9,47-13)31(42)23(7)49-26/h18-26,28-32,34,40-42,44-46H,14-17H2,1-13H3/b38-27+/t18-,19-,20+,21+,22-,23-,24?,25-,26+,28?,29+,30-,31+,32-,34+,35-,36?,37-/m1/s1. The summed E-state index contributed by atoms with van der Waals surface area (Å²) >= 11 is 0. The van der Waals surface area contributed by atoms with Gasteiger partial charge in [-0.15, -0.1) is 0 Å². The van der Waals surface area contributed by atoms with Crippen molar-refractivity contribution in [1.29, 1.82) is 0 Å². The lowest BCUT2D eigenvalue weighted by atomic mass is 9.73. The number of oxime groups is 1. The Labute approximate surface area is 309 Å². The van der Waals surface area contributed by atoms with E-state index < -0.39 is 102 Å². The van der Waals surface area contributed by atoms with Crippen LogP contribution >= 0.6 is 0 Å². The van der Waals surface area contributed by atoms with Crippen molar-refractivity contribution in [3.63, 3.8) is 0 Å². The summed E-state index contributed by atoms with van der Waals surface area (Å²) in [5.41, 5.74) is -4.68. The summed E-state index contributed by atoms with van der Waals surface area (Å²) in [5.74, 6) is -4.24. The normalized spacial score (nSPS) is 49.8. The fourth-order valence-electron chi connectivity index (χ4n) is 8.61. The van der Waals surface area contributed by atoms with Crippen LogP contribution in [0.3, 0.4) is 0 Å². The predicted octanol–water partition coefficient (Wildman–Crippen LogP) is 2.05. The first-order valence-electron chi connectivity index (χ1n) is 18.7. The van der Waals surface area contributed by atoms with Crippen molar-refractivity contribution < 1.29 is 64.0 Å². The number of methoxy groups -OCH3 is 1. The highest BCUT2D eigenvalue weighted by molar-refractivity contribution is 5.88. The van der Waals surface area contributed by atoms with Gasteiger partial charge in [-0.3, -0.25) is 4.79 Å². The third kappa shape index (κ3) is 9.47. The number of hydrogen-bond donors (Lipinski definition) is 6. The maximum atomic E-state index is 14.1. The van der Waals surface area contributed by atoms with Gasteiger partial charge in [0.1, 0.15) is 23.9 Å². The number of likely N-dealkylation sites (N-methyl/N-ethyl adjacent to an activating group) is 1. The third-order valence-corrected chi connectivity index (χ3v) is 12.0. The van der Waals surface area contributed by atoms with E-state index in [0.29, 0.717) is 6.42 Å². The second kappa shape index (κ2) is 17.5. The van der Waals surface area contributed by atoms with E-state index in [9.17, 15) is 35.5 Å². The number of aliphatic hydroxyl groups excluding tert-OH is 3. The molecule has 0 amide bonds. The molecule has 0 bridgehead atoms. The molecule has 0 spiro atoms. The van der Waals surface area contributed by atoms with Gasteiger partial charge in [0.25, 0.3) is 0 Å². The Morgan fingerprint density at radius 1 is 0.923 bits per heavy atom. The summed E-state index contributed by atoms with van der Waals surface area (Å²) in [6.45, 7) is 16.6. The minimum Gasteiger partial charge on any atom is -0.459 e. The van der Waals surface area contributed by atoms with Crippen molar-refractivity contribution in [3.05, 3.63) is 0 Å². The largest absolute Gasteiger partial charge is 0.459 e. The Balaban J connectivity index is 2.21. The van der Waals surface area contributed by atoms with Gasteiger partial charge in [-0.25, -0.2) is 0 Å². The number of nitrogens with zero attached hydrogens (tertiary/aromatic N) is 2. The number of aliphatic hydroxyl groups is 5. The lowest BCUT2D eigenvalue weighted by Gasteiger charge is -2.49. The third-order valence-electron chi connectivity index (χ3n) is 12.0. The summed E-state index contributed by atoms with van der Waals surface area (Å²) in [5, 5.41) is 71.8. The van der Waals surface area contributed by atoms with E-state index in [-0.39, 0.29) is 37.1 Å². The highest BCUT2D eigenvalue weighted by Gasteiger charge is 2.53. The van der Waals surface area contributed by atoms with E-state index >= 15 is 0 Å². The number of hydrogen-bond acceptors (Lipinski definition) is 15. The van der Waals surface area contributed by atoms with Gasteiger partial charge in [-0.05, 0) is 74.9 Å². The number of rotatable bonds is 7. The Morgan fingerprint density at radius 2 is 1.54 bits per heavy atom. The van der Waals surface area contributed by atoms with E-state index in [1.807, 2.05) is 25.9 Å². The molecule has 0 aromatic heterocycles. The molecular weight excluding hydrogens is 680 g/mol. The maximum absolute atomic E-state index is 14.1. The molecule has 18 atom stereocenters. The van der Waals surface area contributed by atoms with E-state index in [0.717, 1.165) is 0 Å². The fourth-order valence-corrected chi connectivity index (χ4v) is 8.61. The number of carbonyl (C=O) groups is 1. The number of cyclic esters (lactones) is 1. The zero-order chi connectivity index (χ0) is 39.7. The number of carbonyl (C=O) groups excluding carboxylic acids is 1. The summed E-state index contributed by atoms with van der Waals surface area (Å²) in [4.78, 5) is 16.0. The topological polar surface area (TPSA) is 209 Å². The van der Waals surface area contributed by atoms with Crippen LogP contribution < -0.4 is 0 Å². The first-order chi connectivity index (χ1) is 24.0. The Hall–Kier alpha value is -1.50. The Morgan fingerprint density at radius 3 is 2.08 bits per heavy atom. The number of ether oxygens (including phenoxy) is 6. The first kappa shape index (κ1) is 44.9. The molecule has 3 rings (SSSR count). The summed E-state index contributed by atoms with van der Waals surface area (Å²) in [7, 11) is 5.19. The van der Waals surface area contributed by atoms with Crippen LogP contribution in [-0.2, 0) is 33.2 Å². The van der Waals surface area contributed by atoms with Gasteiger partial charge in [-0.2, -0.15) is 0 Å². The van der Waals surface area contributed by atoms with Crippen molar-refractivity contribution in [2.75, 3.05) is 21.2 Å². The molecule has 0 aliphatic carbocycles. The SMILES string of the molecule is CC[C@H]1OC(=O)[C@H](C)[C@@H](O[C@H]2CC(C)(OC)[C@@H](O)[C@@H](C)O2)[C@H](C)[C@@H](O[C@@H]2O[C@H](C)CC(N(C)C)C2O)[C@](C)(O)C[C@@H](C)/C(=N\O)[C@H](C)[C@@H](O)[C@]1(C)O. The molecule has 52 heavy (non-hydrogen) atoms. The molecule has 3 saturated heterocycles. The first-order valence-corrected chi connectivity index (χ1v) is 18.7. The van der Waals surface area contributed by atoms with Crippen LogP contribution in [-0.4, -0.2) is 153 Å². The van der Waals surface area contributed by atoms with Crippen molar-refractivity contribution in [2.24, 2.45) is 28.8 Å². The molecule has 3 aliphatic heterocycles. The molecule has 0 aromatic carbocycles. The fraction of sp³-hybridized carbons (Fsp3) is 0.946. The average Bonchev–Trinajstić information content (AvgIpc) is 3.06. The van der Waals surface area contributed by atoms with E-state index in [4.69, 9.17) is 28.4 Å². The zero-order valence-electron chi connectivity index (χ0n) is 33.4. The zero-order valence-corrected chi connectivity index (χ0v) is 33.4. The molecular formula is C37H68N2O13. The van der Waals surface area contributed by atoms with E-state index in [1.165, 1.54) is 14.0 Å². The molecule has 3 unspecified atom stereocenters. The summed E-state index contributed by atoms with van der Waals surface area (Å²) in [6, 6.07) is -0.322. The van der Waals surface area contributed by atoms with Gasteiger partial charge in [-0.1, -0.05) is 32.9 Å². The van der Waals surface area contributed by atoms with Crippen LogP contribution in [0.15, 0.2) is 5.16 Å². The van der Waals surface area contributed by atoms with Gasteiger partial charge < -0.3 is 64.1 Å². The molecule has 0 radical (unpaired) electrons. The van der Waals surface area contributed by atoms with Crippen molar-refractivity contribution >= 4 is 11.7 Å². The van der Waals surface area contributed by atoms with Crippen LogP contribution in [0, 0.1) is 23.7 Å². The molecule has 15 nitrogen and oxygen atoms in total. The van der Waals surface area contributed by atoms with Gasteiger partial charge in [0, 0.05) is 37.3 Å². The van der Waals surface area contributed by atoms with Crippen molar-refractivity contribution in [2.45, 2.75) is 179 Å².